The lowest BCUT2D eigenvalue weighted by molar-refractivity contribution is -0.123. The monoisotopic (exact) mass is 245 g/mol. The molecular weight excluding hydrogens is 230 g/mol. The summed E-state index contributed by atoms with van der Waals surface area (Å²) in [5.74, 6) is 0.369. The number of amides is 1. The topological polar surface area (TPSA) is 72.7 Å². The average molecular weight is 245 g/mol. The normalized spacial score (nSPS) is 12.2. The van der Waals surface area contributed by atoms with Gasteiger partial charge in [-0.25, -0.2) is 0 Å². The Kier molecular flexibility index (Phi) is 3.36. The van der Waals surface area contributed by atoms with E-state index in [1.807, 2.05) is 31.2 Å². The molecule has 0 fully saturated rings. The fourth-order valence-corrected chi connectivity index (χ4v) is 1.52. The average Bonchev–Trinajstić information content (AvgIpc) is 2.87. The number of carbonyl (C=O) groups is 1. The lowest BCUT2D eigenvalue weighted by atomic mass is 10.1. The molecule has 1 aromatic carbocycles. The lowest BCUT2D eigenvalue weighted by Gasteiger charge is -2.06. The number of hydrogen-bond acceptors (Lipinski definition) is 4. The van der Waals surface area contributed by atoms with Crippen molar-refractivity contribution in [1.82, 2.24) is 25.5 Å². The maximum absolute atomic E-state index is 11.5. The van der Waals surface area contributed by atoms with Gasteiger partial charge in [0.1, 0.15) is 6.04 Å². The predicted molar refractivity (Wildman–Crippen MR) is 66.8 cm³/mol. The van der Waals surface area contributed by atoms with E-state index in [4.69, 9.17) is 0 Å². The summed E-state index contributed by atoms with van der Waals surface area (Å²) in [5.41, 5.74) is 2.06. The SMILES string of the molecule is CNC(=O)C(C)n1nnc(-c2ccc(C)cc2)n1. The second-order valence-corrected chi connectivity index (χ2v) is 4.09. The van der Waals surface area contributed by atoms with Gasteiger partial charge in [-0.15, -0.1) is 10.2 Å². The summed E-state index contributed by atoms with van der Waals surface area (Å²) in [7, 11) is 1.58. The van der Waals surface area contributed by atoms with Crippen molar-refractivity contribution in [2.24, 2.45) is 0 Å². The van der Waals surface area contributed by atoms with E-state index in [-0.39, 0.29) is 5.91 Å². The van der Waals surface area contributed by atoms with E-state index in [9.17, 15) is 4.79 Å². The van der Waals surface area contributed by atoms with Crippen LogP contribution in [-0.2, 0) is 4.79 Å². The number of rotatable bonds is 3. The summed E-state index contributed by atoms with van der Waals surface area (Å²) < 4.78 is 0. The molecular formula is C12H15N5O. The summed E-state index contributed by atoms with van der Waals surface area (Å²) in [4.78, 5) is 12.8. The van der Waals surface area contributed by atoms with Crippen LogP contribution in [0.2, 0.25) is 0 Å². The maximum atomic E-state index is 11.5. The molecule has 18 heavy (non-hydrogen) atoms. The highest BCUT2D eigenvalue weighted by Crippen LogP contribution is 2.15. The third-order valence-corrected chi connectivity index (χ3v) is 2.71. The minimum atomic E-state index is -0.471. The molecule has 1 atom stereocenters. The maximum Gasteiger partial charge on any atom is 0.246 e. The molecule has 1 amide bonds. The van der Waals surface area contributed by atoms with Crippen molar-refractivity contribution in [1.29, 1.82) is 0 Å². The smallest absolute Gasteiger partial charge is 0.246 e. The fraction of sp³-hybridized carbons (Fsp3) is 0.333. The van der Waals surface area contributed by atoms with Gasteiger partial charge in [-0.05, 0) is 19.1 Å². The predicted octanol–water partition coefficient (Wildman–Crippen LogP) is 0.956. The van der Waals surface area contributed by atoms with Crippen molar-refractivity contribution in [2.45, 2.75) is 19.9 Å². The number of carbonyl (C=O) groups excluding carboxylic acids is 1. The quantitative estimate of drug-likeness (QED) is 0.874. The van der Waals surface area contributed by atoms with Crippen LogP contribution in [0, 0.1) is 6.92 Å². The Bertz CT molecular complexity index is 546. The zero-order valence-corrected chi connectivity index (χ0v) is 10.6. The number of hydrogen-bond donors (Lipinski definition) is 1. The number of aromatic nitrogens is 4. The van der Waals surface area contributed by atoms with Crippen molar-refractivity contribution in [2.75, 3.05) is 7.05 Å². The van der Waals surface area contributed by atoms with Crippen molar-refractivity contribution in [3.05, 3.63) is 29.8 Å². The van der Waals surface area contributed by atoms with E-state index in [1.165, 1.54) is 10.4 Å². The van der Waals surface area contributed by atoms with Gasteiger partial charge in [0.25, 0.3) is 0 Å². The van der Waals surface area contributed by atoms with E-state index in [1.54, 1.807) is 14.0 Å². The summed E-state index contributed by atoms with van der Waals surface area (Å²) in [5, 5.41) is 14.6. The van der Waals surface area contributed by atoms with Gasteiger partial charge in [-0.3, -0.25) is 4.79 Å². The van der Waals surface area contributed by atoms with Crippen molar-refractivity contribution in [3.8, 4) is 11.4 Å². The first-order chi connectivity index (χ1) is 8.61. The van der Waals surface area contributed by atoms with Gasteiger partial charge in [0.2, 0.25) is 11.7 Å². The van der Waals surface area contributed by atoms with Crippen LogP contribution in [0.25, 0.3) is 11.4 Å². The minimum absolute atomic E-state index is 0.150. The fourth-order valence-electron chi connectivity index (χ4n) is 1.52. The van der Waals surface area contributed by atoms with Gasteiger partial charge in [0.15, 0.2) is 0 Å². The lowest BCUT2D eigenvalue weighted by Crippen LogP contribution is -2.29. The molecule has 0 radical (unpaired) electrons. The zero-order valence-electron chi connectivity index (χ0n) is 10.6. The van der Waals surface area contributed by atoms with Crippen LogP contribution in [0.15, 0.2) is 24.3 Å². The highest BCUT2D eigenvalue weighted by Gasteiger charge is 2.17. The standard InChI is InChI=1S/C12H15N5O/c1-8-4-6-10(7-5-8)11-14-16-17(15-11)9(2)12(18)13-3/h4-7,9H,1-3H3,(H,13,18). The van der Waals surface area contributed by atoms with E-state index < -0.39 is 6.04 Å². The van der Waals surface area contributed by atoms with Crippen LogP contribution in [0.4, 0.5) is 0 Å². The molecule has 0 saturated carbocycles. The molecule has 94 valence electrons. The molecule has 1 heterocycles. The van der Waals surface area contributed by atoms with E-state index in [0.717, 1.165) is 5.56 Å². The largest absolute Gasteiger partial charge is 0.357 e. The molecule has 0 bridgehead atoms. The number of nitrogens with one attached hydrogen (secondary N) is 1. The van der Waals surface area contributed by atoms with E-state index in [0.29, 0.717) is 5.82 Å². The Morgan fingerprint density at radius 2 is 2.00 bits per heavy atom. The van der Waals surface area contributed by atoms with Gasteiger partial charge >= 0.3 is 0 Å². The van der Waals surface area contributed by atoms with Crippen LogP contribution >= 0.6 is 0 Å². The first-order valence-corrected chi connectivity index (χ1v) is 5.70. The van der Waals surface area contributed by atoms with Crippen LogP contribution in [-0.4, -0.2) is 33.2 Å². The minimum Gasteiger partial charge on any atom is -0.357 e. The first-order valence-electron chi connectivity index (χ1n) is 5.70. The van der Waals surface area contributed by atoms with Crippen LogP contribution < -0.4 is 5.32 Å². The van der Waals surface area contributed by atoms with Crippen LogP contribution in [0.1, 0.15) is 18.5 Å². The Balaban J connectivity index is 2.25. The molecule has 2 rings (SSSR count). The summed E-state index contributed by atoms with van der Waals surface area (Å²) >= 11 is 0. The summed E-state index contributed by atoms with van der Waals surface area (Å²) in [6.45, 7) is 3.74. The number of likely N-dealkylation sites (N-methyl/N-ethyl adjacent to an activating group) is 1. The summed E-state index contributed by atoms with van der Waals surface area (Å²) in [6.07, 6.45) is 0. The third kappa shape index (κ3) is 2.37. The van der Waals surface area contributed by atoms with Gasteiger partial charge in [-0.2, -0.15) is 4.80 Å². The highest BCUT2D eigenvalue weighted by molar-refractivity contribution is 5.79. The molecule has 0 aliphatic carbocycles. The van der Waals surface area contributed by atoms with Gasteiger partial charge in [0, 0.05) is 12.6 Å². The first kappa shape index (κ1) is 12.2. The van der Waals surface area contributed by atoms with Crippen molar-refractivity contribution in [3.63, 3.8) is 0 Å². The Morgan fingerprint density at radius 3 is 2.61 bits per heavy atom. The number of aryl methyl sites for hydroxylation is 1. The van der Waals surface area contributed by atoms with Crippen LogP contribution in [0.3, 0.4) is 0 Å². The molecule has 0 spiro atoms. The van der Waals surface area contributed by atoms with Gasteiger partial charge in [0.05, 0.1) is 0 Å². The zero-order chi connectivity index (χ0) is 13.1. The summed E-state index contributed by atoms with van der Waals surface area (Å²) in [6, 6.07) is 7.36. The Morgan fingerprint density at radius 1 is 1.33 bits per heavy atom. The molecule has 1 unspecified atom stereocenters. The van der Waals surface area contributed by atoms with Crippen molar-refractivity contribution >= 4 is 5.91 Å². The molecule has 1 aromatic heterocycles. The second kappa shape index (κ2) is 4.95. The van der Waals surface area contributed by atoms with Crippen LogP contribution in [0.5, 0.6) is 0 Å². The Hall–Kier alpha value is -2.24. The third-order valence-electron chi connectivity index (χ3n) is 2.71. The van der Waals surface area contributed by atoms with Gasteiger partial charge < -0.3 is 5.32 Å². The number of tetrazole rings is 1. The van der Waals surface area contributed by atoms with E-state index >= 15 is 0 Å². The van der Waals surface area contributed by atoms with Gasteiger partial charge in [-0.1, -0.05) is 29.8 Å². The molecule has 6 heteroatoms. The second-order valence-electron chi connectivity index (χ2n) is 4.09. The molecule has 0 aliphatic rings. The molecule has 2 aromatic rings. The number of benzene rings is 1. The van der Waals surface area contributed by atoms with E-state index in [2.05, 4.69) is 20.7 Å². The highest BCUT2D eigenvalue weighted by atomic mass is 16.2. The van der Waals surface area contributed by atoms with Crippen molar-refractivity contribution < 1.29 is 4.79 Å². The molecule has 6 nitrogen and oxygen atoms in total. The molecule has 0 aliphatic heterocycles. The number of nitrogens with zero attached hydrogens (tertiary/aromatic N) is 4. The molecule has 1 N–H and O–H groups in total. The molecule has 0 saturated heterocycles. The Labute approximate surface area is 105 Å².